The predicted molar refractivity (Wildman–Crippen MR) is 139 cm³/mol. The third-order valence-electron chi connectivity index (χ3n) is 6.80. The van der Waals surface area contributed by atoms with Crippen molar-refractivity contribution in [2.75, 3.05) is 11.9 Å². The molecule has 2 aliphatic heterocycles. The van der Waals surface area contributed by atoms with Crippen molar-refractivity contribution in [1.82, 2.24) is 15.3 Å². The summed E-state index contributed by atoms with van der Waals surface area (Å²) >= 11 is 0. The topological polar surface area (TPSA) is 91.0 Å². The molecule has 2 bridgehead atoms. The zero-order valence-electron chi connectivity index (χ0n) is 20.5. The van der Waals surface area contributed by atoms with E-state index >= 15 is 0 Å². The summed E-state index contributed by atoms with van der Waals surface area (Å²) in [4.78, 5) is 47.2. The van der Waals surface area contributed by atoms with Crippen molar-refractivity contribution in [2.45, 2.75) is 44.0 Å². The molecule has 8 heteroatoms. The van der Waals surface area contributed by atoms with Crippen LogP contribution in [0.1, 0.15) is 24.0 Å². The second kappa shape index (κ2) is 11.3. The van der Waals surface area contributed by atoms with E-state index in [-0.39, 0.29) is 30.5 Å². The molecular formula is C29H30N4O4. The minimum Gasteiger partial charge on any atom is -0.342 e. The smallest absolute Gasteiger partial charge is 0.342 e. The molecular weight excluding hydrogens is 468 g/mol. The van der Waals surface area contributed by atoms with Crippen LogP contribution in [0.3, 0.4) is 0 Å². The van der Waals surface area contributed by atoms with Crippen LogP contribution in [0.2, 0.25) is 0 Å². The fraction of sp³-hybridized carbons (Fsp3) is 0.276. The number of amides is 4. The molecule has 2 fully saturated rings. The predicted octanol–water partition coefficient (Wildman–Crippen LogP) is 3.75. The number of fused-ring (bicyclic) bond motifs is 2. The highest BCUT2D eigenvalue weighted by molar-refractivity contribution is 5.98. The SMILES string of the molecule is O=C(Nc1ccccc1)[C@@H](Cc1ccccc1)NC(=O)[C@@H]1CC[C@@H]2CN1C(=O)N2OCc1ccccc1. The van der Waals surface area contributed by atoms with Crippen LogP contribution in [0.5, 0.6) is 0 Å². The second-order valence-electron chi connectivity index (χ2n) is 9.37. The van der Waals surface area contributed by atoms with Gasteiger partial charge in [0, 0.05) is 18.7 Å². The number of carbonyl (C=O) groups excluding carboxylic acids is 3. The molecule has 2 heterocycles. The van der Waals surface area contributed by atoms with Crippen molar-refractivity contribution in [1.29, 1.82) is 0 Å². The van der Waals surface area contributed by atoms with Crippen LogP contribution < -0.4 is 10.6 Å². The zero-order valence-corrected chi connectivity index (χ0v) is 20.5. The minimum absolute atomic E-state index is 0.0956. The fourth-order valence-electron chi connectivity index (χ4n) is 4.87. The van der Waals surface area contributed by atoms with Gasteiger partial charge >= 0.3 is 6.03 Å². The zero-order chi connectivity index (χ0) is 25.6. The van der Waals surface area contributed by atoms with Gasteiger partial charge in [0.15, 0.2) is 0 Å². The molecule has 3 aromatic rings. The second-order valence-corrected chi connectivity index (χ2v) is 9.37. The number of para-hydroxylation sites is 1. The highest BCUT2D eigenvalue weighted by Gasteiger charge is 2.48. The van der Waals surface area contributed by atoms with Gasteiger partial charge in [-0.1, -0.05) is 78.9 Å². The molecule has 0 spiro atoms. The van der Waals surface area contributed by atoms with Gasteiger partial charge in [-0.15, -0.1) is 0 Å². The molecule has 0 radical (unpaired) electrons. The first kappa shape index (κ1) is 24.5. The summed E-state index contributed by atoms with van der Waals surface area (Å²) in [7, 11) is 0. The number of carbonyl (C=O) groups is 3. The maximum absolute atomic E-state index is 13.4. The van der Waals surface area contributed by atoms with Gasteiger partial charge in [0.25, 0.3) is 0 Å². The van der Waals surface area contributed by atoms with Gasteiger partial charge in [0.1, 0.15) is 18.7 Å². The highest BCUT2D eigenvalue weighted by Crippen LogP contribution is 2.30. The molecule has 0 aliphatic carbocycles. The molecule has 2 N–H and O–H groups in total. The van der Waals surface area contributed by atoms with Gasteiger partial charge in [-0.2, -0.15) is 5.06 Å². The lowest BCUT2D eigenvalue weighted by Crippen LogP contribution is -2.54. The molecule has 2 aliphatic rings. The van der Waals surface area contributed by atoms with Gasteiger partial charge in [-0.25, -0.2) is 4.79 Å². The minimum atomic E-state index is -0.795. The van der Waals surface area contributed by atoms with Gasteiger partial charge in [0.05, 0.1) is 6.04 Å². The number of hydrogen-bond acceptors (Lipinski definition) is 4. The van der Waals surface area contributed by atoms with E-state index in [1.165, 1.54) is 5.06 Å². The normalized spacial score (nSPS) is 19.4. The van der Waals surface area contributed by atoms with Crippen LogP contribution in [0, 0.1) is 0 Å². The van der Waals surface area contributed by atoms with E-state index in [9.17, 15) is 14.4 Å². The number of benzene rings is 3. The maximum Gasteiger partial charge on any atom is 0.345 e. The van der Waals surface area contributed by atoms with E-state index in [0.717, 1.165) is 11.1 Å². The fourth-order valence-corrected chi connectivity index (χ4v) is 4.87. The third kappa shape index (κ3) is 5.81. The summed E-state index contributed by atoms with van der Waals surface area (Å²) in [6.45, 7) is 0.706. The van der Waals surface area contributed by atoms with Gasteiger partial charge in [0.2, 0.25) is 11.8 Å². The molecule has 0 saturated carbocycles. The molecule has 3 atom stereocenters. The average Bonchev–Trinajstić information content (AvgIpc) is 3.17. The monoisotopic (exact) mass is 498 g/mol. The van der Waals surface area contributed by atoms with Crippen molar-refractivity contribution >= 4 is 23.5 Å². The number of anilines is 1. The summed E-state index contributed by atoms with van der Waals surface area (Å²) in [5.74, 6) is -0.640. The first-order valence-electron chi connectivity index (χ1n) is 12.6. The van der Waals surface area contributed by atoms with Crippen molar-refractivity contribution in [3.63, 3.8) is 0 Å². The highest BCUT2D eigenvalue weighted by atomic mass is 16.7. The Morgan fingerprint density at radius 1 is 0.865 bits per heavy atom. The Labute approximate surface area is 216 Å². The van der Waals surface area contributed by atoms with E-state index < -0.39 is 12.1 Å². The standard InChI is InChI=1S/C29H30N4O4/c34-27(30-23-14-8-3-9-15-23)25(18-21-10-4-1-5-11-21)31-28(35)26-17-16-24-19-32(26)29(36)33(24)37-20-22-12-6-2-7-13-22/h1-15,24-26H,16-20H2,(H,30,34)(H,31,35)/t24-,25-,26+/m1/s1. The van der Waals surface area contributed by atoms with Gasteiger partial charge in [-0.3, -0.25) is 14.4 Å². The Balaban J connectivity index is 1.26. The number of piperidine rings is 1. The summed E-state index contributed by atoms with van der Waals surface area (Å²) < 4.78 is 0. The van der Waals surface area contributed by atoms with Crippen LogP contribution in [0.4, 0.5) is 10.5 Å². The number of hydrogen-bond donors (Lipinski definition) is 2. The Hall–Kier alpha value is -4.17. The van der Waals surface area contributed by atoms with Crippen LogP contribution in [0.25, 0.3) is 0 Å². The molecule has 4 amide bonds. The Morgan fingerprint density at radius 3 is 2.16 bits per heavy atom. The van der Waals surface area contributed by atoms with Crippen molar-refractivity contribution in [3.8, 4) is 0 Å². The summed E-state index contributed by atoms with van der Waals surface area (Å²) in [5.41, 5.74) is 2.55. The van der Waals surface area contributed by atoms with Crippen LogP contribution in [0.15, 0.2) is 91.0 Å². The number of nitrogens with one attached hydrogen (secondary N) is 2. The van der Waals surface area contributed by atoms with E-state index in [1.807, 2.05) is 78.9 Å². The Morgan fingerprint density at radius 2 is 1.49 bits per heavy atom. The molecule has 2 saturated heterocycles. The van der Waals surface area contributed by atoms with Crippen LogP contribution >= 0.6 is 0 Å². The molecule has 37 heavy (non-hydrogen) atoms. The third-order valence-corrected chi connectivity index (χ3v) is 6.80. The lowest BCUT2D eigenvalue weighted by Gasteiger charge is -2.30. The van der Waals surface area contributed by atoms with Crippen molar-refractivity contribution in [2.24, 2.45) is 0 Å². The van der Waals surface area contributed by atoms with E-state index in [1.54, 1.807) is 17.0 Å². The number of nitrogens with zero attached hydrogens (tertiary/aromatic N) is 2. The molecule has 3 aromatic carbocycles. The van der Waals surface area contributed by atoms with Crippen molar-refractivity contribution in [3.05, 3.63) is 102 Å². The number of rotatable bonds is 9. The van der Waals surface area contributed by atoms with Crippen LogP contribution in [-0.2, 0) is 27.5 Å². The van der Waals surface area contributed by atoms with Crippen LogP contribution in [-0.4, -0.2) is 52.5 Å². The first-order chi connectivity index (χ1) is 18.1. The number of urea groups is 1. The summed E-state index contributed by atoms with van der Waals surface area (Å²) in [5, 5.41) is 7.22. The van der Waals surface area contributed by atoms with Gasteiger partial charge < -0.3 is 15.5 Å². The van der Waals surface area contributed by atoms with E-state index in [2.05, 4.69) is 10.6 Å². The quantitative estimate of drug-likeness (QED) is 0.470. The Bertz CT molecular complexity index is 1220. The summed E-state index contributed by atoms with van der Waals surface area (Å²) in [6, 6.07) is 26.5. The average molecular weight is 499 g/mol. The lowest BCUT2D eigenvalue weighted by molar-refractivity contribution is -0.140. The summed E-state index contributed by atoms with van der Waals surface area (Å²) in [6.07, 6.45) is 1.49. The molecule has 5 rings (SSSR count). The van der Waals surface area contributed by atoms with E-state index in [4.69, 9.17) is 4.84 Å². The van der Waals surface area contributed by atoms with Crippen molar-refractivity contribution < 1.29 is 19.2 Å². The largest absolute Gasteiger partial charge is 0.345 e. The first-order valence-corrected chi connectivity index (χ1v) is 12.6. The number of hydroxylamine groups is 2. The Kier molecular flexibility index (Phi) is 7.46. The molecule has 0 aromatic heterocycles. The molecule has 0 unspecified atom stereocenters. The lowest BCUT2D eigenvalue weighted by atomic mass is 9.99. The molecule has 8 nitrogen and oxygen atoms in total. The van der Waals surface area contributed by atoms with Gasteiger partial charge in [-0.05, 0) is 36.1 Å². The van der Waals surface area contributed by atoms with E-state index in [0.29, 0.717) is 31.5 Å². The maximum atomic E-state index is 13.4. The molecule has 190 valence electrons.